The van der Waals surface area contributed by atoms with Gasteiger partial charge in [-0.15, -0.1) is 36.2 Å². The molecule has 124 valence electrons. The average Bonchev–Trinajstić information content (AvgIpc) is 3.38. The van der Waals surface area contributed by atoms with Crippen molar-refractivity contribution >= 4 is 42.1 Å². The molecular formula is C15H23Cl2N3OS. The van der Waals surface area contributed by atoms with Gasteiger partial charge < -0.3 is 10.6 Å². The van der Waals surface area contributed by atoms with E-state index in [0.717, 1.165) is 37.4 Å². The molecule has 1 aromatic heterocycles. The summed E-state index contributed by atoms with van der Waals surface area (Å²) in [6.45, 7) is 2.75. The van der Waals surface area contributed by atoms with Crippen LogP contribution in [0.15, 0.2) is 5.38 Å². The number of amides is 1. The summed E-state index contributed by atoms with van der Waals surface area (Å²) >= 11 is 1.68. The van der Waals surface area contributed by atoms with Crippen molar-refractivity contribution in [2.45, 2.75) is 44.6 Å². The predicted octanol–water partition coefficient (Wildman–Crippen LogP) is 2.87. The van der Waals surface area contributed by atoms with Gasteiger partial charge in [0.25, 0.3) is 0 Å². The molecule has 1 spiro atoms. The molecule has 3 fully saturated rings. The van der Waals surface area contributed by atoms with E-state index in [-0.39, 0.29) is 36.6 Å². The van der Waals surface area contributed by atoms with Gasteiger partial charge >= 0.3 is 0 Å². The number of nitrogens with one attached hydrogen (secondary N) is 2. The first-order valence-corrected chi connectivity index (χ1v) is 8.58. The largest absolute Gasteiger partial charge is 0.349 e. The van der Waals surface area contributed by atoms with Crippen LogP contribution in [-0.4, -0.2) is 24.0 Å². The molecule has 0 aromatic carbocycles. The van der Waals surface area contributed by atoms with Crippen LogP contribution in [0.25, 0.3) is 0 Å². The number of hydrogen-bond donors (Lipinski definition) is 2. The molecule has 1 aromatic rings. The smallest absolute Gasteiger partial charge is 0.224 e. The minimum absolute atomic E-state index is 0. The molecule has 2 N–H and O–H groups in total. The second-order valence-electron chi connectivity index (χ2n) is 6.53. The number of halogens is 2. The summed E-state index contributed by atoms with van der Waals surface area (Å²) in [7, 11) is 0. The van der Waals surface area contributed by atoms with Crippen molar-refractivity contribution in [3.8, 4) is 0 Å². The Bertz CT molecular complexity index is 527. The Labute approximate surface area is 147 Å². The lowest BCUT2D eigenvalue weighted by atomic mass is 9.92. The maximum absolute atomic E-state index is 12.3. The third-order valence-corrected chi connectivity index (χ3v) is 5.95. The zero-order valence-corrected chi connectivity index (χ0v) is 14.9. The highest BCUT2D eigenvalue weighted by atomic mass is 35.5. The highest BCUT2D eigenvalue weighted by molar-refractivity contribution is 7.09. The minimum atomic E-state index is 0. The first-order chi connectivity index (χ1) is 9.77. The van der Waals surface area contributed by atoms with Crippen molar-refractivity contribution in [2.75, 3.05) is 13.1 Å². The summed E-state index contributed by atoms with van der Waals surface area (Å²) < 4.78 is 0. The molecule has 22 heavy (non-hydrogen) atoms. The van der Waals surface area contributed by atoms with Crippen molar-refractivity contribution in [3.63, 3.8) is 0 Å². The fourth-order valence-electron chi connectivity index (χ4n) is 3.45. The molecular weight excluding hydrogens is 341 g/mol. The normalized spacial score (nSPS) is 25.0. The Morgan fingerprint density at radius 3 is 2.77 bits per heavy atom. The SMILES string of the molecule is Cl.Cl.O=C(NCc1nc(C2CC2)cs1)C1CC12CCNCC2. The average molecular weight is 364 g/mol. The van der Waals surface area contributed by atoms with Gasteiger partial charge in [-0.25, -0.2) is 4.98 Å². The Balaban J connectivity index is 0.000000882. The maximum Gasteiger partial charge on any atom is 0.224 e. The van der Waals surface area contributed by atoms with Gasteiger partial charge in [0, 0.05) is 17.2 Å². The highest BCUT2D eigenvalue weighted by Gasteiger charge is 2.57. The van der Waals surface area contributed by atoms with Crippen LogP contribution in [0.2, 0.25) is 0 Å². The number of hydrogen-bond acceptors (Lipinski definition) is 4. The molecule has 4 nitrogen and oxygen atoms in total. The van der Waals surface area contributed by atoms with Crippen LogP contribution in [0, 0.1) is 11.3 Å². The molecule has 0 radical (unpaired) electrons. The van der Waals surface area contributed by atoms with Crippen LogP contribution in [0.5, 0.6) is 0 Å². The Kier molecular flexibility index (Phi) is 5.75. The lowest BCUT2D eigenvalue weighted by Crippen LogP contribution is -2.33. The first-order valence-electron chi connectivity index (χ1n) is 7.70. The van der Waals surface area contributed by atoms with Gasteiger partial charge in [-0.2, -0.15) is 0 Å². The van der Waals surface area contributed by atoms with Gasteiger partial charge in [0.2, 0.25) is 5.91 Å². The number of carbonyl (C=O) groups is 1. The number of piperidine rings is 1. The molecule has 1 saturated heterocycles. The summed E-state index contributed by atoms with van der Waals surface area (Å²) in [6.07, 6.45) is 5.98. The number of rotatable bonds is 4. The zero-order chi connectivity index (χ0) is 13.6. The molecule has 2 aliphatic carbocycles. The molecule has 4 rings (SSSR count). The second kappa shape index (κ2) is 7.04. The van der Waals surface area contributed by atoms with Crippen molar-refractivity contribution < 1.29 is 4.79 Å². The van der Waals surface area contributed by atoms with Crippen molar-refractivity contribution in [2.24, 2.45) is 11.3 Å². The number of aromatic nitrogens is 1. The van der Waals surface area contributed by atoms with Crippen LogP contribution in [0.1, 0.15) is 48.7 Å². The van der Waals surface area contributed by atoms with Gasteiger partial charge in [0.05, 0.1) is 12.2 Å². The van der Waals surface area contributed by atoms with E-state index >= 15 is 0 Å². The van der Waals surface area contributed by atoms with E-state index in [0.29, 0.717) is 17.9 Å². The van der Waals surface area contributed by atoms with Gasteiger partial charge in [-0.3, -0.25) is 4.79 Å². The molecule has 2 saturated carbocycles. The van der Waals surface area contributed by atoms with E-state index in [9.17, 15) is 4.79 Å². The fraction of sp³-hybridized carbons (Fsp3) is 0.733. The quantitative estimate of drug-likeness (QED) is 0.864. The molecule has 2 heterocycles. The second-order valence-corrected chi connectivity index (χ2v) is 7.47. The number of nitrogens with zero attached hydrogens (tertiary/aromatic N) is 1. The summed E-state index contributed by atoms with van der Waals surface area (Å²) in [5, 5.41) is 9.68. The lowest BCUT2D eigenvalue weighted by molar-refractivity contribution is -0.123. The third-order valence-electron chi connectivity index (χ3n) is 5.08. The molecule has 7 heteroatoms. The van der Waals surface area contributed by atoms with Gasteiger partial charge in [0.15, 0.2) is 0 Å². The molecule has 1 aliphatic heterocycles. The van der Waals surface area contributed by atoms with E-state index in [4.69, 9.17) is 0 Å². The summed E-state index contributed by atoms with van der Waals surface area (Å²) in [5.41, 5.74) is 1.57. The first kappa shape index (κ1) is 18.0. The topological polar surface area (TPSA) is 54.0 Å². The predicted molar refractivity (Wildman–Crippen MR) is 93.1 cm³/mol. The lowest BCUT2D eigenvalue weighted by Gasteiger charge is -2.23. The monoisotopic (exact) mass is 363 g/mol. The van der Waals surface area contributed by atoms with Gasteiger partial charge in [0.1, 0.15) is 5.01 Å². The summed E-state index contributed by atoms with van der Waals surface area (Å²) in [6, 6.07) is 0. The van der Waals surface area contributed by atoms with Crippen molar-refractivity contribution in [1.29, 1.82) is 0 Å². The standard InChI is InChI=1S/C15H21N3OS.2ClH/c19-14(11-7-15(11)3-5-16-6-4-15)17-8-13-18-12(9-20-13)10-1-2-10;;/h9-11,16H,1-8H2,(H,17,19);2*1H. The summed E-state index contributed by atoms with van der Waals surface area (Å²) in [4.78, 5) is 16.9. The minimum Gasteiger partial charge on any atom is -0.349 e. The molecule has 1 unspecified atom stereocenters. The number of thiazole rings is 1. The van der Waals surface area contributed by atoms with Gasteiger partial charge in [-0.05, 0) is 50.6 Å². The zero-order valence-electron chi connectivity index (χ0n) is 12.5. The fourth-order valence-corrected chi connectivity index (χ4v) is 4.27. The molecule has 1 atom stereocenters. The van der Waals surface area contributed by atoms with Crippen LogP contribution < -0.4 is 10.6 Å². The van der Waals surface area contributed by atoms with E-state index in [2.05, 4.69) is 21.0 Å². The maximum atomic E-state index is 12.3. The van der Waals surface area contributed by atoms with E-state index in [1.165, 1.54) is 18.5 Å². The van der Waals surface area contributed by atoms with Crippen LogP contribution in [0.3, 0.4) is 0 Å². The Morgan fingerprint density at radius 2 is 2.09 bits per heavy atom. The van der Waals surface area contributed by atoms with Crippen molar-refractivity contribution in [1.82, 2.24) is 15.6 Å². The molecule has 0 bridgehead atoms. The molecule has 3 aliphatic rings. The third kappa shape index (κ3) is 3.58. The summed E-state index contributed by atoms with van der Waals surface area (Å²) in [5.74, 6) is 1.21. The van der Waals surface area contributed by atoms with E-state index in [1.54, 1.807) is 11.3 Å². The van der Waals surface area contributed by atoms with E-state index in [1.807, 2.05) is 0 Å². The van der Waals surface area contributed by atoms with Gasteiger partial charge in [-0.1, -0.05) is 0 Å². The highest BCUT2D eigenvalue weighted by Crippen LogP contribution is 2.58. The van der Waals surface area contributed by atoms with Crippen molar-refractivity contribution in [3.05, 3.63) is 16.1 Å². The Morgan fingerprint density at radius 1 is 1.36 bits per heavy atom. The van der Waals surface area contributed by atoms with Crippen LogP contribution >= 0.6 is 36.2 Å². The van der Waals surface area contributed by atoms with Crippen LogP contribution in [-0.2, 0) is 11.3 Å². The Hall–Kier alpha value is -0.360. The molecule has 1 amide bonds. The number of carbonyl (C=O) groups excluding carboxylic acids is 1. The van der Waals surface area contributed by atoms with Crippen LogP contribution in [0.4, 0.5) is 0 Å². The van der Waals surface area contributed by atoms with E-state index < -0.39 is 0 Å².